The van der Waals surface area contributed by atoms with Crippen molar-refractivity contribution >= 4 is 31.7 Å². The number of hydrogen-bond donors (Lipinski definition) is 1. The highest BCUT2D eigenvalue weighted by atomic mass is 79.9. The third-order valence-electron chi connectivity index (χ3n) is 3.68. The van der Waals surface area contributed by atoms with Gasteiger partial charge in [0.15, 0.2) is 0 Å². The van der Waals surface area contributed by atoms with Crippen LogP contribution >= 0.6 is 15.9 Å². The first-order valence-corrected chi connectivity index (χ1v) is 10.1. The van der Waals surface area contributed by atoms with E-state index in [2.05, 4.69) is 32.8 Å². The second-order valence-corrected chi connectivity index (χ2v) is 8.43. The Morgan fingerprint density at radius 1 is 1.15 bits per heavy atom. The maximum atomic E-state index is 13.0. The number of halogens is 1. The van der Waals surface area contributed by atoms with Crippen LogP contribution < -0.4 is 5.32 Å². The molecule has 0 saturated heterocycles. The van der Waals surface area contributed by atoms with Crippen LogP contribution in [0.3, 0.4) is 0 Å². The number of sulfone groups is 1. The molecule has 1 aromatic heterocycles. The minimum absolute atomic E-state index is 0.100. The molecule has 0 bridgehead atoms. The van der Waals surface area contributed by atoms with E-state index in [-0.39, 0.29) is 21.7 Å². The third-order valence-corrected chi connectivity index (χ3v) is 5.89. The van der Waals surface area contributed by atoms with E-state index >= 15 is 0 Å². The fourth-order valence-electron chi connectivity index (χ4n) is 2.31. The quantitative estimate of drug-likeness (QED) is 0.563. The molecule has 0 aliphatic rings. The van der Waals surface area contributed by atoms with Gasteiger partial charge in [0.1, 0.15) is 0 Å². The maximum absolute atomic E-state index is 13.0. The lowest BCUT2D eigenvalue weighted by molar-refractivity contribution is 0.579. The fraction of sp³-hybridized carbons (Fsp3) is 0.105. The smallest absolute Gasteiger partial charge is 0.234 e. The van der Waals surface area contributed by atoms with Crippen molar-refractivity contribution in [2.75, 3.05) is 11.9 Å². The summed E-state index contributed by atoms with van der Waals surface area (Å²) < 4.78 is 32.7. The summed E-state index contributed by atoms with van der Waals surface area (Å²) in [5.74, 6) is 0.332. The lowest BCUT2D eigenvalue weighted by Gasteiger charge is -2.04. The summed E-state index contributed by atoms with van der Waals surface area (Å²) in [5.41, 5.74) is 1.66. The average Bonchev–Trinajstić information content (AvgIpc) is 3.06. The monoisotopic (exact) mass is 432 g/mol. The third kappa shape index (κ3) is 3.73. The number of nitrogens with one attached hydrogen (secondary N) is 1. The molecule has 0 amide bonds. The number of oxazole rings is 1. The van der Waals surface area contributed by atoms with E-state index in [1.165, 1.54) is 0 Å². The number of benzene rings is 2. The molecule has 7 heteroatoms. The second-order valence-electron chi connectivity index (χ2n) is 5.65. The van der Waals surface area contributed by atoms with E-state index in [9.17, 15) is 8.42 Å². The van der Waals surface area contributed by atoms with Gasteiger partial charge in [-0.3, -0.25) is 0 Å². The molecule has 3 rings (SSSR count). The van der Waals surface area contributed by atoms with E-state index in [4.69, 9.17) is 4.42 Å². The summed E-state index contributed by atoms with van der Waals surface area (Å²) in [7, 11) is -3.82. The molecule has 0 saturated carbocycles. The molecule has 134 valence electrons. The van der Waals surface area contributed by atoms with Crippen molar-refractivity contribution in [1.82, 2.24) is 4.98 Å². The molecule has 3 aromatic rings. The first-order chi connectivity index (χ1) is 12.4. The summed E-state index contributed by atoms with van der Waals surface area (Å²) >= 11 is 3.37. The van der Waals surface area contributed by atoms with Crippen LogP contribution in [0.25, 0.3) is 11.5 Å². The van der Waals surface area contributed by atoms with Crippen LogP contribution in [-0.2, 0) is 9.84 Å². The minimum Gasteiger partial charge on any atom is -0.419 e. The predicted octanol–water partition coefficient (Wildman–Crippen LogP) is 4.84. The van der Waals surface area contributed by atoms with Crippen LogP contribution in [-0.4, -0.2) is 19.9 Å². The van der Waals surface area contributed by atoms with Crippen LogP contribution in [0.5, 0.6) is 0 Å². The summed E-state index contributed by atoms with van der Waals surface area (Å²) in [6, 6.07) is 13.9. The molecule has 2 aromatic carbocycles. The van der Waals surface area contributed by atoms with E-state index in [0.29, 0.717) is 12.1 Å². The van der Waals surface area contributed by atoms with Gasteiger partial charge in [0.05, 0.1) is 4.90 Å². The van der Waals surface area contributed by atoms with Gasteiger partial charge in [-0.1, -0.05) is 39.7 Å². The number of anilines is 1. The highest BCUT2D eigenvalue weighted by Crippen LogP contribution is 2.32. The Kier molecular flexibility index (Phi) is 5.29. The van der Waals surface area contributed by atoms with Crippen molar-refractivity contribution in [3.05, 3.63) is 71.2 Å². The van der Waals surface area contributed by atoms with Gasteiger partial charge in [0.25, 0.3) is 0 Å². The number of aromatic nitrogens is 1. The second kappa shape index (κ2) is 7.47. The SMILES string of the molecule is C=CCNc1oc(-c2ccc(Br)cc2)nc1S(=O)(=O)c1ccc(C)cc1. The zero-order valence-corrected chi connectivity index (χ0v) is 16.5. The number of aryl methyl sites for hydroxylation is 1. The van der Waals surface area contributed by atoms with Crippen LogP contribution in [0.2, 0.25) is 0 Å². The molecule has 0 radical (unpaired) electrons. The highest BCUT2D eigenvalue weighted by molar-refractivity contribution is 9.10. The largest absolute Gasteiger partial charge is 0.419 e. The Morgan fingerprint density at radius 3 is 2.42 bits per heavy atom. The van der Waals surface area contributed by atoms with Gasteiger partial charge in [0.2, 0.25) is 26.6 Å². The van der Waals surface area contributed by atoms with E-state index < -0.39 is 9.84 Å². The van der Waals surface area contributed by atoms with Crippen molar-refractivity contribution in [2.24, 2.45) is 0 Å². The van der Waals surface area contributed by atoms with Gasteiger partial charge < -0.3 is 9.73 Å². The van der Waals surface area contributed by atoms with E-state index in [0.717, 1.165) is 10.0 Å². The van der Waals surface area contributed by atoms with Gasteiger partial charge in [-0.25, -0.2) is 8.42 Å². The zero-order chi connectivity index (χ0) is 18.7. The van der Waals surface area contributed by atoms with E-state index in [1.807, 2.05) is 19.1 Å². The Labute approximate surface area is 160 Å². The Balaban J connectivity index is 2.10. The molecular weight excluding hydrogens is 416 g/mol. The maximum Gasteiger partial charge on any atom is 0.234 e. The summed E-state index contributed by atoms with van der Waals surface area (Å²) in [4.78, 5) is 4.43. The molecule has 1 N–H and O–H groups in total. The number of rotatable bonds is 6. The molecule has 0 unspecified atom stereocenters. The Bertz CT molecular complexity index is 1020. The van der Waals surface area contributed by atoms with Crippen molar-refractivity contribution < 1.29 is 12.8 Å². The van der Waals surface area contributed by atoms with E-state index in [1.54, 1.807) is 42.5 Å². The number of nitrogens with zero attached hydrogens (tertiary/aromatic N) is 1. The molecule has 26 heavy (non-hydrogen) atoms. The van der Waals surface area contributed by atoms with Crippen molar-refractivity contribution in [2.45, 2.75) is 16.8 Å². The molecule has 1 heterocycles. The van der Waals surface area contributed by atoms with Crippen molar-refractivity contribution in [1.29, 1.82) is 0 Å². The Hall–Kier alpha value is -2.38. The van der Waals surface area contributed by atoms with Crippen LogP contribution in [0, 0.1) is 6.92 Å². The summed E-state index contributed by atoms with van der Waals surface area (Å²) in [5, 5.41) is 2.78. The standard InChI is InChI=1S/C19H17BrN2O3S/c1-3-12-21-18-19(26(23,24)16-10-4-13(2)5-11-16)22-17(25-18)14-6-8-15(20)9-7-14/h3-11,21H,1,12H2,2H3. The summed E-state index contributed by atoms with van der Waals surface area (Å²) in [6.07, 6.45) is 1.62. The first-order valence-electron chi connectivity index (χ1n) is 7.85. The zero-order valence-electron chi connectivity index (χ0n) is 14.1. The normalized spacial score (nSPS) is 11.3. The molecule has 0 aliphatic heterocycles. The van der Waals surface area contributed by atoms with Gasteiger partial charge in [-0.15, -0.1) is 6.58 Å². The molecule has 0 spiro atoms. The predicted molar refractivity (Wildman–Crippen MR) is 105 cm³/mol. The lowest BCUT2D eigenvalue weighted by atomic mass is 10.2. The first kappa shape index (κ1) is 18.4. The van der Waals surface area contributed by atoms with Crippen molar-refractivity contribution in [3.8, 4) is 11.5 Å². The molecule has 5 nitrogen and oxygen atoms in total. The average molecular weight is 433 g/mol. The number of hydrogen-bond acceptors (Lipinski definition) is 5. The van der Waals surface area contributed by atoms with Crippen LogP contribution in [0.15, 0.2) is 80.0 Å². The molecular formula is C19H17BrN2O3S. The van der Waals surface area contributed by atoms with Gasteiger partial charge in [-0.05, 0) is 43.3 Å². The molecule has 0 atom stereocenters. The minimum atomic E-state index is -3.82. The molecule has 0 fully saturated rings. The van der Waals surface area contributed by atoms with Gasteiger partial charge in [-0.2, -0.15) is 4.98 Å². The Morgan fingerprint density at radius 2 is 1.81 bits per heavy atom. The summed E-state index contributed by atoms with van der Waals surface area (Å²) in [6.45, 7) is 5.88. The highest BCUT2D eigenvalue weighted by Gasteiger charge is 2.28. The molecule has 0 aliphatic carbocycles. The van der Waals surface area contributed by atoms with Crippen molar-refractivity contribution in [3.63, 3.8) is 0 Å². The van der Waals surface area contributed by atoms with Gasteiger partial charge in [0, 0.05) is 16.6 Å². The lowest BCUT2D eigenvalue weighted by Crippen LogP contribution is -2.07. The topological polar surface area (TPSA) is 72.2 Å². The van der Waals surface area contributed by atoms with Gasteiger partial charge >= 0.3 is 0 Å². The van der Waals surface area contributed by atoms with Crippen LogP contribution in [0.4, 0.5) is 5.88 Å². The fourth-order valence-corrected chi connectivity index (χ4v) is 3.85. The van der Waals surface area contributed by atoms with Crippen LogP contribution in [0.1, 0.15) is 5.56 Å².